The van der Waals surface area contributed by atoms with Crippen LogP contribution in [-0.4, -0.2) is 30.6 Å². The van der Waals surface area contributed by atoms with Gasteiger partial charge in [0.15, 0.2) is 0 Å². The van der Waals surface area contributed by atoms with E-state index < -0.39 is 0 Å². The molecule has 1 saturated heterocycles. The molecule has 1 N–H and O–H groups in total. The molecule has 0 spiro atoms. The molecule has 1 aromatic rings. The Morgan fingerprint density at radius 3 is 3.12 bits per heavy atom. The molecular weight excluding hydrogens is 271 g/mol. The highest BCUT2D eigenvalue weighted by atomic mass is 79.9. The Balaban J connectivity index is 2.10. The summed E-state index contributed by atoms with van der Waals surface area (Å²) in [5, 5.41) is 3.33. The van der Waals surface area contributed by atoms with Gasteiger partial charge in [-0.3, -0.25) is 4.90 Å². The number of nitrogens with one attached hydrogen (secondary N) is 1. The smallest absolute Gasteiger partial charge is 0.127 e. The lowest BCUT2D eigenvalue weighted by Crippen LogP contribution is -2.49. The maximum atomic E-state index is 13.6. The summed E-state index contributed by atoms with van der Waals surface area (Å²) in [4.78, 5) is 2.31. The lowest BCUT2D eigenvalue weighted by molar-refractivity contribution is 0.164. The molecule has 0 radical (unpaired) electrons. The van der Waals surface area contributed by atoms with Gasteiger partial charge in [0.2, 0.25) is 0 Å². The number of rotatable bonds is 2. The molecule has 0 unspecified atom stereocenters. The molecule has 1 aliphatic rings. The summed E-state index contributed by atoms with van der Waals surface area (Å²) in [5.74, 6) is -0.117. The van der Waals surface area contributed by atoms with Crippen LogP contribution in [0.15, 0.2) is 22.7 Å². The topological polar surface area (TPSA) is 15.3 Å². The Bertz CT molecular complexity index is 370. The molecule has 1 fully saturated rings. The van der Waals surface area contributed by atoms with Gasteiger partial charge >= 0.3 is 0 Å². The first-order valence-electron chi connectivity index (χ1n) is 5.55. The van der Waals surface area contributed by atoms with E-state index in [0.29, 0.717) is 12.6 Å². The van der Waals surface area contributed by atoms with E-state index in [1.807, 2.05) is 6.07 Å². The highest BCUT2D eigenvalue weighted by Crippen LogP contribution is 2.18. The summed E-state index contributed by atoms with van der Waals surface area (Å²) < 4.78 is 14.5. The summed E-state index contributed by atoms with van der Waals surface area (Å²) in [6.07, 6.45) is 0. The minimum Gasteiger partial charge on any atom is -0.314 e. The van der Waals surface area contributed by atoms with Crippen LogP contribution in [0.3, 0.4) is 0 Å². The van der Waals surface area contributed by atoms with Crippen molar-refractivity contribution < 1.29 is 4.39 Å². The number of piperazine rings is 1. The normalized spacial score (nSPS) is 22.3. The number of nitrogens with zero attached hydrogens (tertiary/aromatic N) is 1. The quantitative estimate of drug-likeness (QED) is 0.898. The minimum atomic E-state index is -0.117. The molecule has 2 nitrogen and oxygen atoms in total. The van der Waals surface area contributed by atoms with Gasteiger partial charge in [-0.2, -0.15) is 0 Å². The van der Waals surface area contributed by atoms with Crippen molar-refractivity contribution in [2.45, 2.75) is 19.5 Å². The molecule has 1 atom stereocenters. The van der Waals surface area contributed by atoms with E-state index in [1.54, 1.807) is 6.07 Å². The summed E-state index contributed by atoms with van der Waals surface area (Å²) in [5.41, 5.74) is 0.767. The second-order valence-electron chi connectivity index (χ2n) is 4.26. The Morgan fingerprint density at radius 1 is 1.56 bits per heavy atom. The zero-order valence-corrected chi connectivity index (χ0v) is 10.9. The molecule has 4 heteroatoms. The molecule has 16 heavy (non-hydrogen) atoms. The molecule has 0 aromatic heterocycles. The van der Waals surface area contributed by atoms with Crippen molar-refractivity contribution in [2.75, 3.05) is 19.6 Å². The minimum absolute atomic E-state index is 0.117. The number of hydrogen-bond donors (Lipinski definition) is 1. The Kier molecular flexibility index (Phi) is 3.95. The van der Waals surface area contributed by atoms with Gasteiger partial charge in [-0.1, -0.05) is 15.9 Å². The summed E-state index contributed by atoms with van der Waals surface area (Å²) in [6, 6.07) is 5.59. The zero-order valence-electron chi connectivity index (χ0n) is 9.34. The zero-order chi connectivity index (χ0) is 11.5. The van der Waals surface area contributed by atoms with Gasteiger partial charge in [0.1, 0.15) is 5.82 Å². The molecule has 0 aliphatic carbocycles. The average molecular weight is 287 g/mol. The van der Waals surface area contributed by atoms with Gasteiger partial charge in [0.25, 0.3) is 0 Å². The fourth-order valence-electron chi connectivity index (χ4n) is 2.00. The summed E-state index contributed by atoms with van der Waals surface area (Å²) in [7, 11) is 0. The molecule has 1 aliphatic heterocycles. The van der Waals surface area contributed by atoms with Crippen molar-refractivity contribution >= 4 is 15.9 Å². The summed E-state index contributed by atoms with van der Waals surface area (Å²) in [6.45, 7) is 5.80. The third-order valence-electron chi connectivity index (χ3n) is 3.02. The van der Waals surface area contributed by atoms with Crippen LogP contribution < -0.4 is 5.32 Å². The van der Waals surface area contributed by atoms with E-state index in [9.17, 15) is 4.39 Å². The van der Waals surface area contributed by atoms with Crippen LogP contribution in [0, 0.1) is 5.82 Å². The molecule has 1 heterocycles. The number of benzene rings is 1. The van der Waals surface area contributed by atoms with E-state index in [0.717, 1.165) is 29.7 Å². The van der Waals surface area contributed by atoms with Crippen molar-refractivity contribution in [1.29, 1.82) is 0 Å². The van der Waals surface area contributed by atoms with Crippen LogP contribution in [0.5, 0.6) is 0 Å². The fraction of sp³-hybridized carbons (Fsp3) is 0.500. The number of halogens is 2. The van der Waals surface area contributed by atoms with Crippen molar-refractivity contribution in [3.05, 3.63) is 34.1 Å². The first-order chi connectivity index (χ1) is 7.66. The average Bonchev–Trinajstić information content (AvgIpc) is 2.27. The molecule has 2 rings (SSSR count). The Morgan fingerprint density at radius 2 is 2.38 bits per heavy atom. The fourth-order valence-corrected chi connectivity index (χ4v) is 2.41. The molecule has 0 amide bonds. The molecular formula is C12H16BrFN2. The van der Waals surface area contributed by atoms with Crippen molar-refractivity contribution in [2.24, 2.45) is 0 Å². The maximum absolute atomic E-state index is 13.6. The van der Waals surface area contributed by atoms with E-state index >= 15 is 0 Å². The third kappa shape index (κ3) is 2.81. The second kappa shape index (κ2) is 5.25. The van der Waals surface area contributed by atoms with Crippen LogP contribution in [0.4, 0.5) is 4.39 Å². The largest absolute Gasteiger partial charge is 0.314 e. The number of hydrogen-bond acceptors (Lipinski definition) is 2. The summed E-state index contributed by atoms with van der Waals surface area (Å²) >= 11 is 3.38. The lowest BCUT2D eigenvalue weighted by atomic mass is 10.1. The van der Waals surface area contributed by atoms with Gasteiger partial charge in [0.05, 0.1) is 0 Å². The first-order valence-corrected chi connectivity index (χ1v) is 6.35. The predicted octanol–water partition coefficient (Wildman–Crippen LogP) is 2.38. The maximum Gasteiger partial charge on any atom is 0.127 e. The monoisotopic (exact) mass is 286 g/mol. The predicted molar refractivity (Wildman–Crippen MR) is 66.8 cm³/mol. The van der Waals surface area contributed by atoms with Gasteiger partial charge in [0, 0.05) is 42.3 Å². The van der Waals surface area contributed by atoms with Gasteiger partial charge in [-0.25, -0.2) is 4.39 Å². The van der Waals surface area contributed by atoms with Crippen molar-refractivity contribution in [3.8, 4) is 0 Å². The SMILES string of the molecule is C[C@H]1CNCCN1Cc1cc(Br)ccc1F. The van der Waals surface area contributed by atoms with Crippen molar-refractivity contribution in [3.63, 3.8) is 0 Å². The van der Waals surface area contributed by atoms with Gasteiger partial charge in [-0.15, -0.1) is 0 Å². The highest BCUT2D eigenvalue weighted by molar-refractivity contribution is 9.10. The van der Waals surface area contributed by atoms with Gasteiger partial charge in [-0.05, 0) is 25.1 Å². The van der Waals surface area contributed by atoms with Crippen molar-refractivity contribution in [1.82, 2.24) is 10.2 Å². The van der Waals surface area contributed by atoms with Crippen LogP contribution >= 0.6 is 15.9 Å². The van der Waals surface area contributed by atoms with Crippen LogP contribution in [-0.2, 0) is 6.54 Å². The molecule has 0 bridgehead atoms. The first kappa shape index (κ1) is 12.0. The van der Waals surface area contributed by atoms with E-state index in [1.165, 1.54) is 6.07 Å². The van der Waals surface area contributed by atoms with Crippen LogP contribution in [0.2, 0.25) is 0 Å². The van der Waals surface area contributed by atoms with Gasteiger partial charge < -0.3 is 5.32 Å². The van der Waals surface area contributed by atoms with E-state index in [2.05, 4.69) is 33.1 Å². The molecule has 1 aromatic carbocycles. The standard InChI is InChI=1S/C12H16BrFN2/c1-9-7-15-4-5-16(9)8-10-6-11(13)2-3-12(10)14/h2-3,6,9,15H,4-5,7-8H2,1H3/t9-/m0/s1. The third-order valence-corrected chi connectivity index (χ3v) is 3.51. The highest BCUT2D eigenvalue weighted by Gasteiger charge is 2.19. The van der Waals surface area contributed by atoms with Crippen LogP contribution in [0.25, 0.3) is 0 Å². The lowest BCUT2D eigenvalue weighted by Gasteiger charge is -2.33. The van der Waals surface area contributed by atoms with E-state index in [4.69, 9.17) is 0 Å². The molecule has 0 saturated carbocycles. The van der Waals surface area contributed by atoms with E-state index in [-0.39, 0.29) is 5.82 Å². The molecule has 88 valence electrons. The second-order valence-corrected chi connectivity index (χ2v) is 5.18. The Labute approximate surface area is 104 Å². The van der Waals surface area contributed by atoms with Crippen LogP contribution in [0.1, 0.15) is 12.5 Å². The Hall–Kier alpha value is -0.450.